The van der Waals surface area contributed by atoms with E-state index in [2.05, 4.69) is 0 Å². The SMILES string of the molecule is C[C@@H](ON1CCOC[C@@H]1c1ccccc1)c1cccc(C(F)(F)F)c1. The second-order valence-corrected chi connectivity index (χ2v) is 6.01. The monoisotopic (exact) mass is 351 g/mol. The first-order valence-corrected chi connectivity index (χ1v) is 8.18. The van der Waals surface area contributed by atoms with Crippen molar-refractivity contribution in [3.63, 3.8) is 0 Å². The molecule has 25 heavy (non-hydrogen) atoms. The molecule has 0 radical (unpaired) electrons. The summed E-state index contributed by atoms with van der Waals surface area (Å²) in [6.45, 7) is 3.33. The number of nitrogens with zero attached hydrogens (tertiary/aromatic N) is 1. The fourth-order valence-corrected chi connectivity index (χ4v) is 2.88. The molecular weight excluding hydrogens is 331 g/mol. The number of hydrogen-bond donors (Lipinski definition) is 0. The van der Waals surface area contributed by atoms with E-state index in [1.807, 2.05) is 35.4 Å². The lowest BCUT2D eigenvalue weighted by Gasteiger charge is -2.36. The largest absolute Gasteiger partial charge is 0.416 e. The molecule has 3 nitrogen and oxygen atoms in total. The Morgan fingerprint density at radius 1 is 1.12 bits per heavy atom. The molecule has 1 aliphatic rings. The molecule has 0 aliphatic carbocycles. The van der Waals surface area contributed by atoms with E-state index >= 15 is 0 Å². The van der Waals surface area contributed by atoms with Gasteiger partial charge in [-0.05, 0) is 30.2 Å². The molecule has 3 rings (SSSR count). The third kappa shape index (κ3) is 4.39. The Morgan fingerprint density at radius 2 is 1.88 bits per heavy atom. The van der Waals surface area contributed by atoms with Crippen LogP contribution in [0.1, 0.15) is 35.8 Å². The van der Waals surface area contributed by atoms with Gasteiger partial charge in [0.15, 0.2) is 0 Å². The Morgan fingerprint density at radius 3 is 2.60 bits per heavy atom. The maximum absolute atomic E-state index is 12.9. The van der Waals surface area contributed by atoms with Gasteiger partial charge in [0.2, 0.25) is 0 Å². The summed E-state index contributed by atoms with van der Waals surface area (Å²) in [5.41, 5.74) is 0.883. The molecule has 0 aromatic heterocycles. The van der Waals surface area contributed by atoms with Gasteiger partial charge in [-0.1, -0.05) is 42.5 Å². The Balaban J connectivity index is 1.76. The van der Waals surface area contributed by atoms with Crippen molar-refractivity contribution in [2.75, 3.05) is 19.8 Å². The zero-order valence-corrected chi connectivity index (χ0v) is 13.9. The van der Waals surface area contributed by atoms with Crippen LogP contribution in [0.3, 0.4) is 0 Å². The number of benzene rings is 2. The predicted molar refractivity (Wildman–Crippen MR) is 87.7 cm³/mol. The maximum Gasteiger partial charge on any atom is 0.416 e. The van der Waals surface area contributed by atoms with Crippen LogP contribution in [0, 0.1) is 0 Å². The Bertz CT molecular complexity index is 691. The summed E-state index contributed by atoms with van der Waals surface area (Å²) in [4.78, 5) is 6.00. The van der Waals surface area contributed by atoms with Crippen LogP contribution in [0.25, 0.3) is 0 Å². The molecule has 0 N–H and O–H groups in total. The number of hydrogen-bond acceptors (Lipinski definition) is 3. The highest BCUT2D eigenvalue weighted by Crippen LogP contribution is 2.33. The number of halogens is 3. The van der Waals surface area contributed by atoms with Crippen molar-refractivity contribution in [2.24, 2.45) is 0 Å². The number of alkyl halides is 3. The number of hydroxylamine groups is 2. The Hall–Kier alpha value is -1.89. The molecule has 134 valence electrons. The summed E-state index contributed by atoms with van der Waals surface area (Å²) in [5, 5.41) is 1.81. The lowest BCUT2D eigenvalue weighted by atomic mass is 10.1. The molecule has 0 spiro atoms. The lowest BCUT2D eigenvalue weighted by molar-refractivity contribution is -0.253. The van der Waals surface area contributed by atoms with Gasteiger partial charge in [-0.3, -0.25) is 4.84 Å². The Labute approximate surface area is 144 Å². The lowest BCUT2D eigenvalue weighted by Crippen LogP contribution is -2.40. The number of ether oxygens (including phenoxy) is 1. The van der Waals surface area contributed by atoms with E-state index in [1.165, 1.54) is 6.07 Å². The summed E-state index contributed by atoms with van der Waals surface area (Å²) < 4.78 is 44.3. The first-order chi connectivity index (χ1) is 11.9. The maximum atomic E-state index is 12.9. The predicted octanol–water partition coefficient (Wildman–Crippen LogP) is 4.77. The molecule has 1 fully saturated rings. The molecule has 2 atom stereocenters. The molecule has 2 aromatic carbocycles. The zero-order chi connectivity index (χ0) is 17.9. The molecule has 0 saturated carbocycles. The van der Waals surface area contributed by atoms with E-state index in [4.69, 9.17) is 9.57 Å². The van der Waals surface area contributed by atoms with Crippen LogP contribution >= 0.6 is 0 Å². The van der Waals surface area contributed by atoms with E-state index in [1.54, 1.807) is 13.0 Å². The van der Waals surface area contributed by atoms with Gasteiger partial charge in [-0.15, -0.1) is 0 Å². The third-order valence-corrected chi connectivity index (χ3v) is 4.24. The summed E-state index contributed by atoms with van der Waals surface area (Å²) in [6, 6.07) is 15.0. The van der Waals surface area contributed by atoms with Crippen LogP contribution in [0.2, 0.25) is 0 Å². The highest BCUT2D eigenvalue weighted by atomic mass is 19.4. The van der Waals surface area contributed by atoms with Crippen molar-refractivity contribution in [1.29, 1.82) is 0 Å². The van der Waals surface area contributed by atoms with Gasteiger partial charge in [-0.2, -0.15) is 18.2 Å². The van der Waals surface area contributed by atoms with Gasteiger partial charge in [0.05, 0.1) is 24.8 Å². The molecule has 0 amide bonds. The standard InChI is InChI=1S/C19H20F3NO2/c1-14(16-8-5-9-17(12-16)19(20,21)22)25-23-10-11-24-13-18(23)15-6-3-2-4-7-15/h2-9,12,14,18H,10-11,13H2,1H3/t14-,18-/m1/s1. The van der Waals surface area contributed by atoms with Crippen molar-refractivity contribution in [3.8, 4) is 0 Å². The van der Waals surface area contributed by atoms with Crippen LogP contribution in [-0.4, -0.2) is 24.8 Å². The van der Waals surface area contributed by atoms with E-state index < -0.39 is 17.8 Å². The van der Waals surface area contributed by atoms with Gasteiger partial charge in [0.25, 0.3) is 0 Å². The van der Waals surface area contributed by atoms with Crippen molar-refractivity contribution < 1.29 is 22.7 Å². The first kappa shape index (κ1) is 17.9. The molecule has 0 unspecified atom stereocenters. The number of rotatable bonds is 4. The average molecular weight is 351 g/mol. The summed E-state index contributed by atoms with van der Waals surface area (Å²) >= 11 is 0. The van der Waals surface area contributed by atoms with Crippen molar-refractivity contribution in [2.45, 2.75) is 25.2 Å². The van der Waals surface area contributed by atoms with Crippen LogP contribution in [0.5, 0.6) is 0 Å². The summed E-state index contributed by atoms with van der Waals surface area (Å²) in [7, 11) is 0. The molecule has 1 heterocycles. The van der Waals surface area contributed by atoms with Gasteiger partial charge >= 0.3 is 6.18 Å². The van der Waals surface area contributed by atoms with E-state index in [9.17, 15) is 13.2 Å². The summed E-state index contributed by atoms with van der Waals surface area (Å²) in [5.74, 6) is 0. The van der Waals surface area contributed by atoms with Crippen LogP contribution in [0.4, 0.5) is 13.2 Å². The molecular formula is C19H20F3NO2. The van der Waals surface area contributed by atoms with Gasteiger partial charge < -0.3 is 4.74 Å². The topological polar surface area (TPSA) is 21.7 Å². The first-order valence-electron chi connectivity index (χ1n) is 8.18. The fourth-order valence-electron chi connectivity index (χ4n) is 2.88. The minimum Gasteiger partial charge on any atom is -0.378 e. The fraction of sp³-hybridized carbons (Fsp3) is 0.368. The Kier molecular flexibility index (Phi) is 5.42. The summed E-state index contributed by atoms with van der Waals surface area (Å²) in [6.07, 6.45) is -4.85. The van der Waals surface area contributed by atoms with Crippen LogP contribution < -0.4 is 0 Å². The number of morpholine rings is 1. The molecule has 2 aromatic rings. The van der Waals surface area contributed by atoms with Gasteiger partial charge in [-0.25, -0.2) is 0 Å². The second kappa shape index (κ2) is 7.56. The van der Waals surface area contributed by atoms with Crippen LogP contribution in [-0.2, 0) is 15.8 Å². The van der Waals surface area contributed by atoms with E-state index in [0.29, 0.717) is 25.3 Å². The van der Waals surface area contributed by atoms with Gasteiger partial charge in [0, 0.05) is 6.54 Å². The quantitative estimate of drug-likeness (QED) is 0.792. The highest BCUT2D eigenvalue weighted by Gasteiger charge is 2.31. The van der Waals surface area contributed by atoms with Crippen molar-refractivity contribution in [3.05, 3.63) is 71.3 Å². The normalized spacial score (nSPS) is 20.4. The third-order valence-electron chi connectivity index (χ3n) is 4.24. The molecule has 6 heteroatoms. The second-order valence-electron chi connectivity index (χ2n) is 6.01. The minimum absolute atomic E-state index is 0.0804. The van der Waals surface area contributed by atoms with Crippen LogP contribution in [0.15, 0.2) is 54.6 Å². The smallest absolute Gasteiger partial charge is 0.378 e. The minimum atomic E-state index is -4.36. The van der Waals surface area contributed by atoms with E-state index in [0.717, 1.165) is 17.7 Å². The molecule has 1 aliphatic heterocycles. The molecule has 0 bridgehead atoms. The molecule has 1 saturated heterocycles. The highest BCUT2D eigenvalue weighted by molar-refractivity contribution is 5.27. The average Bonchev–Trinajstić information content (AvgIpc) is 2.62. The zero-order valence-electron chi connectivity index (χ0n) is 13.9. The van der Waals surface area contributed by atoms with Gasteiger partial charge in [0.1, 0.15) is 6.10 Å². The van der Waals surface area contributed by atoms with Crippen molar-refractivity contribution in [1.82, 2.24) is 5.06 Å². The van der Waals surface area contributed by atoms with E-state index in [-0.39, 0.29) is 6.04 Å². The van der Waals surface area contributed by atoms with Crippen molar-refractivity contribution >= 4 is 0 Å².